The van der Waals surface area contributed by atoms with Gasteiger partial charge in [-0.3, -0.25) is 0 Å². The average molecular weight is 595 g/mol. The fourth-order valence-corrected chi connectivity index (χ4v) is 11.0. The van der Waals surface area contributed by atoms with Gasteiger partial charge < -0.3 is 0 Å². The van der Waals surface area contributed by atoms with Gasteiger partial charge in [-0.05, 0) is 65.7 Å². The van der Waals surface area contributed by atoms with Crippen LogP contribution in [0.25, 0.3) is 36.5 Å². The summed E-state index contributed by atoms with van der Waals surface area (Å²) >= 11 is 11.2. The van der Waals surface area contributed by atoms with Crippen LogP contribution in [0.4, 0.5) is 0 Å². The van der Waals surface area contributed by atoms with Gasteiger partial charge in [-0.15, -0.1) is 36.4 Å². The van der Waals surface area contributed by atoms with Crippen LogP contribution >= 0.6 is 68.0 Å². The van der Waals surface area contributed by atoms with E-state index < -0.39 is 0 Å². The zero-order chi connectivity index (χ0) is 25.1. The zero-order valence-electron chi connectivity index (χ0n) is 19.8. The maximum Gasteiger partial charge on any atom is 0.0169 e. The lowest BCUT2D eigenvalue weighted by Gasteiger charge is -2.19. The molecule has 0 nitrogen and oxygen atoms in total. The topological polar surface area (TPSA) is 0 Å². The highest BCUT2D eigenvalue weighted by Crippen LogP contribution is 2.44. The summed E-state index contributed by atoms with van der Waals surface area (Å²) in [4.78, 5) is 15.5. The minimum Gasteiger partial charge on any atom is -0.157 e. The highest BCUT2D eigenvalue weighted by Gasteiger charge is 2.18. The summed E-state index contributed by atoms with van der Waals surface area (Å²) < 4.78 is 0. The molecular weight excluding hydrogens is 577 g/mol. The van der Waals surface area contributed by atoms with Crippen molar-refractivity contribution >= 4 is 104 Å². The minimum atomic E-state index is 1.28. The third-order valence-corrected chi connectivity index (χ3v) is 12.9. The fraction of sp³-hybridized carbons (Fsp3) is 0. The second-order valence-corrected chi connectivity index (χ2v) is 15.7. The van der Waals surface area contributed by atoms with Crippen LogP contribution in [0.5, 0.6) is 0 Å². The van der Waals surface area contributed by atoms with E-state index in [2.05, 4.69) is 109 Å². The molecule has 14 bridgehead atoms. The van der Waals surface area contributed by atoms with E-state index in [-0.39, 0.29) is 0 Å². The van der Waals surface area contributed by atoms with E-state index in [0.717, 1.165) is 0 Å². The summed E-state index contributed by atoms with van der Waals surface area (Å²) in [6.07, 6.45) is 13.6. The van der Waals surface area contributed by atoms with Crippen molar-refractivity contribution in [2.24, 2.45) is 0 Å². The second-order valence-electron chi connectivity index (χ2n) is 8.96. The van der Waals surface area contributed by atoms with Gasteiger partial charge in [0.1, 0.15) is 0 Å². The highest BCUT2D eigenvalue weighted by atomic mass is 32.1. The fourth-order valence-electron chi connectivity index (χ4n) is 4.68. The third-order valence-electron chi connectivity index (χ3n) is 6.47. The lowest BCUT2D eigenvalue weighted by Crippen LogP contribution is -1.97. The molecule has 6 aromatic heterocycles. The molecule has 38 heavy (non-hydrogen) atoms. The quantitative estimate of drug-likeness (QED) is 0.153. The Morgan fingerprint density at radius 2 is 0.447 bits per heavy atom. The standard InChI is InChI=1S/C32H18S6/c1-2-20-8-14-26(34-20)32-29-17-11-23(37-29)5-3-21-9-15-27(35-21)31(25-13-7-19(1)33-25)28-16-10-22(36-28)4-6-24-12-18-30(32)38-24/h1-18H/q-2/b2-1+,5-3+,6-4+. The number of hydrogen-bond acceptors (Lipinski definition) is 6. The van der Waals surface area contributed by atoms with E-state index >= 15 is 0 Å². The van der Waals surface area contributed by atoms with E-state index in [1.807, 2.05) is 68.0 Å². The normalized spacial score (nSPS) is 16.4. The molecule has 3 aliphatic heterocycles. The predicted octanol–water partition coefficient (Wildman–Crippen LogP) is 11.2. The first-order chi connectivity index (χ1) is 18.7. The second kappa shape index (κ2) is 9.42. The molecule has 0 atom stereocenters. The summed E-state index contributed by atoms with van der Waals surface area (Å²) in [6.45, 7) is 0. The molecule has 0 spiro atoms. The van der Waals surface area contributed by atoms with Crippen molar-refractivity contribution in [3.63, 3.8) is 0 Å². The molecule has 0 saturated carbocycles. The molecule has 0 amide bonds. The van der Waals surface area contributed by atoms with Crippen LogP contribution in [0, 0.1) is 11.8 Å². The molecule has 184 valence electrons. The van der Waals surface area contributed by atoms with Crippen LogP contribution in [-0.2, 0) is 0 Å². The van der Waals surface area contributed by atoms with Crippen molar-refractivity contribution in [3.8, 4) is 0 Å². The molecule has 0 fully saturated rings. The Morgan fingerprint density at radius 3 is 0.632 bits per heavy atom. The smallest absolute Gasteiger partial charge is 0.0169 e. The van der Waals surface area contributed by atoms with Gasteiger partial charge in [0.25, 0.3) is 0 Å². The van der Waals surface area contributed by atoms with E-state index in [9.17, 15) is 0 Å². The summed E-state index contributed by atoms with van der Waals surface area (Å²) in [5.41, 5.74) is 0. The largest absolute Gasteiger partial charge is 0.157 e. The maximum absolute atomic E-state index is 2.29. The molecule has 0 N–H and O–H groups in total. The number of thiophene rings is 6. The summed E-state index contributed by atoms with van der Waals surface area (Å²) in [5, 5.41) is 0. The van der Waals surface area contributed by atoms with Gasteiger partial charge in [-0.25, -0.2) is 0 Å². The first kappa shape index (κ1) is 23.1. The number of hydrogen-bond donors (Lipinski definition) is 0. The molecular formula is C32H18S6-2. The van der Waals surface area contributed by atoms with Crippen molar-refractivity contribution < 1.29 is 0 Å². The number of rotatable bonds is 0. The SMILES string of the molecule is C1=C/c2ccc(s2)[C-]2c3ccc(s3)/C=C/c3ccc(s3)[C-](c3ccc/1s3)c1ccc(s1)/C=C/c1ccc2s1. The van der Waals surface area contributed by atoms with Gasteiger partial charge in [-0.2, -0.15) is 68.0 Å². The van der Waals surface area contributed by atoms with Crippen molar-refractivity contribution in [2.75, 3.05) is 0 Å². The van der Waals surface area contributed by atoms with Gasteiger partial charge >= 0.3 is 0 Å². The molecule has 9 heterocycles. The average Bonchev–Trinajstić information content (AvgIpc) is 3.74. The molecule has 0 aromatic carbocycles. The first-order valence-corrected chi connectivity index (χ1v) is 17.0. The highest BCUT2D eigenvalue weighted by molar-refractivity contribution is 7.18. The maximum atomic E-state index is 2.29. The Hall–Kier alpha value is -2.84. The molecule has 3 aliphatic rings. The van der Waals surface area contributed by atoms with Gasteiger partial charge in [0.2, 0.25) is 0 Å². The van der Waals surface area contributed by atoms with Crippen LogP contribution in [0.3, 0.4) is 0 Å². The molecule has 9 rings (SSSR count). The third kappa shape index (κ3) is 4.22. The monoisotopic (exact) mass is 594 g/mol. The lowest BCUT2D eigenvalue weighted by molar-refractivity contribution is 1.37. The first-order valence-electron chi connectivity index (χ1n) is 12.1. The van der Waals surface area contributed by atoms with Crippen LogP contribution in [0.2, 0.25) is 0 Å². The molecule has 6 aromatic rings. The van der Waals surface area contributed by atoms with Gasteiger partial charge in [0.05, 0.1) is 0 Å². The Morgan fingerprint density at radius 1 is 0.263 bits per heavy atom. The Balaban J connectivity index is 1.41. The summed E-state index contributed by atoms with van der Waals surface area (Å²) in [5.74, 6) is 2.67. The Bertz CT molecular complexity index is 1500. The van der Waals surface area contributed by atoms with Crippen LogP contribution in [0.1, 0.15) is 58.5 Å². The van der Waals surface area contributed by atoms with Gasteiger partial charge in [0.15, 0.2) is 0 Å². The van der Waals surface area contributed by atoms with Gasteiger partial charge in [-0.1, -0.05) is 48.2 Å². The molecule has 6 heteroatoms. The van der Waals surface area contributed by atoms with E-state index in [0.29, 0.717) is 0 Å². The lowest BCUT2D eigenvalue weighted by atomic mass is 10.0. The van der Waals surface area contributed by atoms with Crippen LogP contribution < -0.4 is 0 Å². The van der Waals surface area contributed by atoms with E-state index in [1.54, 1.807) is 0 Å². The van der Waals surface area contributed by atoms with E-state index in [4.69, 9.17) is 0 Å². The van der Waals surface area contributed by atoms with Crippen molar-refractivity contribution in [1.82, 2.24) is 0 Å². The predicted molar refractivity (Wildman–Crippen MR) is 174 cm³/mol. The van der Waals surface area contributed by atoms with Crippen molar-refractivity contribution in [2.45, 2.75) is 0 Å². The Labute approximate surface area is 245 Å². The zero-order valence-corrected chi connectivity index (χ0v) is 24.7. The Kier molecular flexibility index (Phi) is 5.72. The van der Waals surface area contributed by atoms with Crippen molar-refractivity contribution in [1.29, 1.82) is 0 Å². The van der Waals surface area contributed by atoms with Crippen LogP contribution in [0.15, 0.2) is 72.8 Å². The van der Waals surface area contributed by atoms with Crippen LogP contribution in [-0.4, -0.2) is 0 Å². The minimum absolute atomic E-state index is 1.28. The summed E-state index contributed by atoms with van der Waals surface area (Å²) in [6, 6.07) is 27.3. The molecule has 0 radical (unpaired) electrons. The molecule has 0 saturated heterocycles. The molecule has 0 aliphatic carbocycles. The van der Waals surface area contributed by atoms with E-state index in [1.165, 1.54) is 70.4 Å². The van der Waals surface area contributed by atoms with Crippen molar-refractivity contribution in [3.05, 3.63) is 143 Å². The summed E-state index contributed by atoms with van der Waals surface area (Å²) in [7, 11) is 0. The molecule has 0 unspecified atom stereocenters. The van der Waals surface area contributed by atoms with Gasteiger partial charge in [0, 0.05) is 29.3 Å².